The van der Waals surface area contributed by atoms with E-state index in [9.17, 15) is 0 Å². The van der Waals surface area contributed by atoms with Crippen LogP contribution < -0.4 is 0 Å². The fraction of sp³-hybridized carbons (Fsp3) is 0.857. The highest BCUT2D eigenvalue weighted by molar-refractivity contribution is 5.53. The van der Waals surface area contributed by atoms with Crippen molar-refractivity contribution >= 4 is 6.21 Å². The molecule has 2 nitrogen and oxygen atoms in total. The van der Waals surface area contributed by atoms with Crippen molar-refractivity contribution in [3.05, 3.63) is 0 Å². The molecule has 1 fully saturated rings. The SMILES string of the molecule is CC=NC1CCOCC1. The van der Waals surface area contributed by atoms with E-state index in [0.717, 1.165) is 26.1 Å². The summed E-state index contributed by atoms with van der Waals surface area (Å²) in [5.41, 5.74) is 0. The highest BCUT2D eigenvalue weighted by atomic mass is 16.5. The Morgan fingerprint density at radius 2 is 2.11 bits per heavy atom. The maximum absolute atomic E-state index is 5.17. The summed E-state index contributed by atoms with van der Waals surface area (Å²) in [6.07, 6.45) is 4.09. The summed E-state index contributed by atoms with van der Waals surface area (Å²) in [7, 11) is 0. The van der Waals surface area contributed by atoms with Gasteiger partial charge in [0, 0.05) is 13.2 Å². The normalized spacial score (nSPS) is 23.2. The van der Waals surface area contributed by atoms with Gasteiger partial charge in [0.15, 0.2) is 0 Å². The lowest BCUT2D eigenvalue weighted by Crippen LogP contribution is -2.18. The van der Waals surface area contributed by atoms with Crippen LogP contribution in [0.3, 0.4) is 0 Å². The molecule has 0 amide bonds. The summed E-state index contributed by atoms with van der Waals surface area (Å²) in [4.78, 5) is 4.28. The van der Waals surface area contributed by atoms with Crippen LogP contribution in [0.1, 0.15) is 19.8 Å². The van der Waals surface area contributed by atoms with E-state index >= 15 is 0 Å². The van der Waals surface area contributed by atoms with Gasteiger partial charge in [0.05, 0.1) is 6.04 Å². The smallest absolute Gasteiger partial charge is 0.0539 e. The molecule has 1 aliphatic rings. The van der Waals surface area contributed by atoms with Crippen LogP contribution in [0.2, 0.25) is 0 Å². The van der Waals surface area contributed by atoms with Crippen molar-refractivity contribution in [1.82, 2.24) is 0 Å². The number of hydrogen-bond donors (Lipinski definition) is 0. The molecule has 0 atom stereocenters. The molecule has 0 bridgehead atoms. The molecule has 0 aromatic rings. The quantitative estimate of drug-likeness (QED) is 0.486. The van der Waals surface area contributed by atoms with Gasteiger partial charge in [-0.05, 0) is 26.0 Å². The van der Waals surface area contributed by atoms with Crippen LogP contribution in [0.15, 0.2) is 4.99 Å². The highest BCUT2D eigenvalue weighted by Gasteiger charge is 2.09. The van der Waals surface area contributed by atoms with Crippen LogP contribution in [0.4, 0.5) is 0 Å². The van der Waals surface area contributed by atoms with E-state index in [2.05, 4.69) is 4.99 Å². The second kappa shape index (κ2) is 3.62. The van der Waals surface area contributed by atoms with Gasteiger partial charge in [-0.1, -0.05) is 0 Å². The summed E-state index contributed by atoms with van der Waals surface area (Å²) >= 11 is 0. The van der Waals surface area contributed by atoms with Gasteiger partial charge < -0.3 is 4.74 Å². The second-order valence-corrected chi connectivity index (χ2v) is 2.25. The van der Waals surface area contributed by atoms with Crippen molar-refractivity contribution in [3.8, 4) is 0 Å². The Labute approximate surface area is 55.9 Å². The fourth-order valence-corrected chi connectivity index (χ4v) is 1.05. The Balaban J connectivity index is 2.23. The molecule has 0 N–H and O–H groups in total. The van der Waals surface area contributed by atoms with E-state index in [-0.39, 0.29) is 0 Å². The summed E-state index contributed by atoms with van der Waals surface area (Å²) in [6, 6.07) is 0.545. The molecule has 1 aliphatic heterocycles. The molecule has 9 heavy (non-hydrogen) atoms. The van der Waals surface area contributed by atoms with Crippen LogP contribution in [-0.2, 0) is 4.74 Å². The van der Waals surface area contributed by atoms with Crippen molar-refractivity contribution in [2.45, 2.75) is 25.8 Å². The van der Waals surface area contributed by atoms with Gasteiger partial charge in [0.25, 0.3) is 0 Å². The molecular formula is C7H13NO. The third-order valence-corrected chi connectivity index (χ3v) is 1.55. The monoisotopic (exact) mass is 127 g/mol. The largest absolute Gasteiger partial charge is 0.381 e. The first-order chi connectivity index (χ1) is 4.43. The standard InChI is InChI=1S/C7H13NO/c1-2-8-7-3-5-9-6-4-7/h2,7H,3-6H2,1H3. The molecule has 0 aromatic carbocycles. The minimum absolute atomic E-state index is 0.545. The van der Waals surface area contributed by atoms with Crippen molar-refractivity contribution in [1.29, 1.82) is 0 Å². The summed E-state index contributed by atoms with van der Waals surface area (Å²) in [5.74, 6) is 0. The van der Waals surface area contributed by atoms with Gasteiger partial charge in [-0.2, -0.15) is 0 Å². The maximum Gasteiger partial charge on any atom is 0.0539 e. The van der Waals surface area contributed by atoms with Crippen LogP contribution in [-0.4, -0.2) is 25.5 Å². The minimum Gasteiger partial charge on any atom is -0.381 e. The first-order valence-electron chi connectivity index (χ1n) is 3.49. The Bertz CT molecular complexity index is 95.1. The van der Waals surface area contributed by atoms with Crippen LogP contribution in [0.5, 0.6) is 0 Å². The summed E-state index contributed by atoms with van der Waals surface area (Å²) in [6.45, 7) is 3.75. The molecule has 0 saturated carbocycles. The fourth-order valence-electron chi connectivity index (χ4n) is 1.05. The van der Waals surface area contributed by atoms with E-state index in [1.54, 1.807) is 0 Å². The Hall–Kier alpha value is -0.370. The van der Waals surface area contributed by atoms with Gasteiger partial charge >= 0.3 is 0 Å². The molecule has 0 aliphatic carbocycles. The zero-order chi connectivity index (χ0) is 6.53. The third-order valence-electron chi connectivity index (χ3n) is 1.55. The van der Waals surface area contributed by atoms with E-state index in [1.807, 2.05) is 13.1 Å². The lowest BCUT2D eigenvalue weighted by Gasteiger charge is -2.17. The van der Waals surface area contributed by atoms with Gasteiger partial charge in [-0.3, -0.25) is 4.99 Å². The average molecular weight is 127 g/mol. The number of nitrogens with zero attached hydrogens (tertiary/aromatic N) is 1. The molecular weight excluding hydrogens is 114 g/mol. The Kier molecular flexibility index (Phi) is 2.71. The zero-order valence-corrected chi connectivity index (χ0v) is 5.84. The van der Waals surface area contributed by atoms with Gasteiger partial charge in [-0.15, -0.1) is 0 Å². The Morgan fingerprint density at radius 3 is 2.67 bits per heavy atom. The second-order valence-electron chi connectivity index (χ2n) is 2.25. The van der Waals surface area contributed by atoms with Crippen LogP contribution in [0, 0.1) is 0 Å². The lowest BCUT2D eigenvalue weighted by atomic mass is 10.1. The number of rotatable bonds is 1. The van der Waals surface area contributed by atoms with Gasteiger partial charge in [0.2, 0.25) is 0 Å². The topological polar surface area (TPSA) is 21.6 Å². The predicted molar refractivity (Wildman–Crippen MR) is 38.0 cm³/mol. The lowest BCUT2D eigenvalue weighted by molar-refractivity contribution is 0.0872. The van der Waals surface area contributed by atoms with Crippen molar-refractivity contribution in [2.75, 3.05) is 13.2 Å². The first-order valence-corrected chi connectivity index (χ1v) is 3.49. The van der Waals surface area contributed by atoms with E-state index in [0.29, 0.717) is 6.04 Å². The van der Waals surface area contributed by atoms with Crippen molar-refractivity contribution in [3.63, 3.8) is 0 Å². The zero-order valence-electron chi connectivity index (χ0n) is 5.84. The molecule has 1 rings (SSSR count). The van der Waals surface area contributed by atoms with Crippen LogP contribution >= 0.6 is 0 Å². The Morgan fingerprint density at radius 1 is 1.44 bits per heavy atom. The minimum atomic E-state index is 0.545. The van der Waals surface area contributed by atoms with E-state index in [1.165, 1.54) is 0 Å². The van der Waals surface area contributed by atoms with Crippen LogP contribution in [0.25, 0.3) is 0 Å². The average Bonchev–Trinajstić information content (AvgIpc) is 1.91. The molecule has 0 unspecified atom stereocenters. The summed E-state index contributed by atoms with van der Waals surface area (Å²) < 4.78 is 5.17. The van der Waals surface area contributed by atoms with E-state index in [4.69, 9.17) is 4.74 Å². The third kappa shape index (κ3) is 2.14. The van der Waals surface area contributed by atoms with E-state index < -0.39 is 0 Å². The van der Waals surface area contributed by atoms with Gasteiger partial charge in [0.1, 0.15) is 0 Å². The predicted octanol–water partition coefficient (Wildman–Crippen LogP) is 1.26. The molecule has 0 spiro atoms. The summed E-state index contributed by atoms with van der Waals surface area (Å²) in [5, 5.41) is 0. The molecule has 1 heterocycles. The highest BCUT2D eigenvalue weighted by Crippen LogP contribution is 2.08. The van der Waals surface area contributed by atoms with Gasteiger partial charge in [-0.25, -0.2) is 0 Å². The molecule has 2 heteroatoms. The molecule has 0 aromatic heterocycles. The van der Waals surface area contributed by atoms with Crippen molar-refractivity contribution < 1.29 is 4.74 Å². The number of hydrogen-bond acceptors (Lipinski definition) is 2. The molecule has 52 valence electrons. The number of aliphatic imine (C=N–C) groups is 1. The first kappa shape index (κ1) is 6.75. The van der Waals surface area contributed by atoms with Crippen molar-refractivity contribution in [2.24, 2.45) is 4.99 Å². The molecule has 1 saturated heterocycles. The molecule has 0 radical (unpaired) electrons. The maximum atomic E-state index is 5.17. The number of ether oxygens (including phenoxy) is 1.